The van der Waals surface area contributed by atoms with E-state index in [0.717, 1.165) is 6.61 Å². The van der Waals surface area contributed by atoms with Gasteiger partial charge in [-0.25, -0.2) is 0 Å². The van der Waals surface area contributed by atoms with Crippen molar-refractivity contribution in [3.05, 3.63) is 0 Å². The fourth-order valence-corrected chi connectivity index (χ4v) is 1.62. The van der Waals surface area contributed by atoms with Crippen molar-refractivity contribution < 1.29 is 9.47 Å². The molecule has 12 heavy (non-hydrogen) atoms. The summed E-state index contributed by atoms with van der Waals surface area (Å²) in [6, 6.07) is 0.605. The van der Waals surface area contributed by atoms with Crippen molar-refractivity contribution in [1.82, 2.24) is 4.90 Å². The largest absolute Gasteiger partial charge is 0.359 e. The Kier molecular flexibility index (Phi) is 4.58. The molecule has 72 valence electrons. The second-order valence-corrected chi connectivity index (χ2v) is 3.41. The summed E-state index contributed by atoms with van der Waals surface area (Å²) in [5.74, 6) is 0. The van der Waals surface area contributed by atoms with Gasteiger partial charge >= 0.3 is 0 Å². The molecule has 0 aromatic rings. The van der Waals surface area contributed by atoms with E-state index in [0.29, 0.717) is 12.8 Å². The van der Waals surface area contributed by atoms with Crippen LogP contribution in [0.1, 0.15) is 19.3 Å². The zero-order chi connectivity index (χ0) is 8.81. The molecule has 1 aliphatic heterocycles. The minimum atomic E-state index is 0.421. The first-order valence-electron chi connectivity index (χ1n) is 4.61. The SMILES string of the molecule is COCOCC1CCCCN1C. The topological polar surface area (TPSA) is 21.7 Å². The van der Waals surface area contributed by atoms with Crippen LogP contribution in [-0.4, -0.2) is 45.0 Å². The molecule has 3 heteroatoms. The number of nitrogens with zero attached hydrogens (tertiary/aromatic N) is 1. The molecule has 1 aliphatic rings. The molecule has 0 amide bonds. The van der Waals surface area contributed by atoms with Gasteiger partial charge in [0.05, 0.1) is 6.61 Å². The third kappa shape index (κ3) is 3.09. The maximum absolute atomic E-state index is 5.33. The Hall–Kier alpha value is -0.120. The highest BCUT2D eigenvalue weighted by Gasteiger charge is 2.18. The molecule has 0 saturated carbocycles. The first kappa shape index (κ1) is 9.96. The summed E-state index contributed by atoms with van der Waals surface area (Å²) in [5.41, 5.74) is 0. The third-order valence-corrected chi connectivity index (χ3v) is 2.43. The van der Waals surface area contributed by atoms with Crippen LogP contribution in [0.2, 0.25) is 0 Å². The molecule has 3 nitrogen and oxygen atoms in total. The van der Waals surface area contributed by atoms with E-state index >= 15 is 0 Å². The Bertz CT molecular complexity index is 119. The van der Waals surface area contributed by atoms with E-state index in [-0.39, 0.29) is 0 Å². The number of likely N-dealkylation sites (tertiary alicyclic amines) is 1. The van der Waals surface area contributed by atoms with Crippen molar-refractivity contribution in [2.24, 2.45) is 0 Å². The van der Waals surface area contributed by atoms with Gasteiger partial charge in [-0.1, -0.05) is 6.42 Å². The predicted octanol–water partition coefficient (Wildman–Crippen LogP) is 1.09. The lowest BCUT2D eigenvalue weighted by molar-refractivity contribution is -0.0535. The van der Waals surface area contributed by atoms with E-state index in [1.807, 2.05) is 0 Å². The van der Waals surface area contributed by atoms with E-state index in [1.54, 1.807) is 7.11 Å². The number of rotatable bonds is 4. The first-order chi connectivity index (χ1) is 5.84. The lowest BCUT2D eigenvalue weighted by Gasteiger charge is -2.31. The Balaban J connectivity index is 2.11. The summed E-state index contributed by atoms with van der Waals surface area (Å²) in [6.45, 7) is 2.44. The van der Waals surface area contributed by atoms with Crippen LogP contribution in [0.5, 0.6) is 0 Å². The average molecular weight is 173 g/mol. The van der Waals surface area contributed by atoms with Gasteiger partial charge in [0.1, 0.15) is 6.79 Å². The minimum Gasteiger partial charge on any atom is -0.359 e. The maximum Gasteiger partial charge on any atom is 0.146 e. The van der Waals surface area contributed by atoms with Gasteiger partial charge < -0.3 is 14.4 Å². The highest BCUT2D eigenvalue weighted by Crippen LogP contribution is 2.14. The van der Waals surface area contributed by atoms with E-state index in [4.69, 9.17) is 9.47 Å². The van der Waals surface area contributed by atoms with Crippen molar-refractivity contribution in [1.29, 1.82) is 0 Å². The van der Waals surface area contributed by atoms with Crippen molar-refractivity contribution in [2.75, 3.05) is 34.1 Å². The first-order valence-corrected chi connectivity index (χ1v) is 4.61. The second-order valence-electron chi connectivity index (χ2n) is 3.41. The molecule has 0 spiro atoms. The lowest BCUT2D eigenvalue weighted by Crippen LogP contribution is -2.39. The van der Waals surface area contributed by atoms with Gasteiger partial charge in [0.25, 0.3) is 0 Å². The van der Waals surface area contributed by atoms with Crippen LogP contribution in [0.25, 0.3) is 0 Å². The summed E-state index contributed by atoms with van der Waals surface area (Å²) in [7, 11) is 3.82. The summed E-state index contributed by atoms with van der Waals surface area (Å²) < 4.78 is 10.2. The van der Waals surface area contributed by atoms with Gasteiger partial charge in [0.2, 0.25) is 0 Å². The van der Waals surface area contributed by atoms with Gasteiger partial charge in [-0.3, -0.25) is 0 Å². The number of ether oxygens (including phenoxy) is 2. The fourth-order valence-electron chi connectivity index (χ4n) is 1.62. The Morgan fingerprint density at radius 3 is 2.92 bits per heavy atom. The normalized spacial score (nSPS) is 26.0. The molecule has 0 N–H and O–H groups in total. The van der Waals surface area contributed by atoms with Crippen LogP contribution >= 0.6 is 0 Å². The Labute approximate surface area is 74.6 Å². The number of hydrogen-bond donors (Lipinski definition) is 0. The third-order valence-electron chi connectivity index (χ3n) is 2.43. The van der Waals surface area contributed by atoms with Gasteiger partial charge in [-0.15, -0.1) is 0 Å². The van der Waals surface area contributed by atoms with Crippen molar-refractivity contribution in [2.45, 2.75) is 25.3 Å². The lowest BCUT2D eigenvalue weighted by atomic mass is 10.0. The summed E-state index contributed by atoms with van der Waals surface area (Å²) in [5, 5.41) is 0. The molecule has 0 aromatic heterocycles. The van der Waals surface area contributed by atoms with Crippen LogP contribution in [-0.2, 0) is 9.47 Å². The van der Waals surface area contributed by atoms with Crippen molar-refractivity contribution >= 4 is 0 Å². The van der Waals surface area contributed by atoms with E-state index in [1.165, 1.54) is 25.8 Å². The molecule has 1 fully saturated rings. The fraction of sp³-hybridized carbons (Fsp3) is 1.00. The van der Waals surface area contributed by atoms with Gasteiger partial charge in [0.15, 0.2) is 0 Å². The smallest absolute Gasteiger partial charge is 0.146 e. The second kappa shape index (κ2) is 5.51. The van der Waals surface area contributed by atoms with Crippen LogP contribution in [0, 0.1) is 0 Å². The highest BCUT2D eigenvalue weighted by molar-refractivity contribution is 4.73. The van der Waals surface area contributed by atoms with E-state index in [9.17, 15) is 0 Å². The van der Waals surface area contributed by atoms with Crippen LogP contribution in [0.4, 0.5) is 0 Å². The quantitative estimate of drug-likeness (QED) is 0.469. The molecule has 0 bridgehead atoms. The zero-order valence-corrected chi connectivity index (χ0v) is 8.08. The summed E-state index contributed by atoms with van der Waals surface area (Å²) in [4.78, 5) is 2.37. The van der Waals surface area contributed by atoms with E-state index < -0.39 is 0 Å². The molecule has 1 unspecified atom stereocenters. The number of piperidine rings is 1. The average Bonchev–Trinajstić information content (AvgIpc) is 2.09. The van der Waals surface area contributed by atoms with Gasteiger partial charge in [0, 0.05) is 13.2 Å². The maximum atomic E-state index is 5.33. The number of hydrogen-bond acceptors (Lipinski definition) is 3. The number of likely N-dealkylation sites (N-methyl/N-ethyl adjacent to an activating group) is 1. The van der Waals surface area contributed by atoms with Crippen LogP contribution in [0.3, 0.4) is 0 Å². The Morgan fingerprint density at radius 2 is 2.25 bits per heavy atom. The summed E-state index contributed by atoms with van der Waals surface area (Å²) >= 11 is 0. The molecular formula is C9H19NO2. The van der Waals surface area contributed by atoms with Crippen molar-refractivity contribution in [3.63, 3.8) is 0 Å². The molecule has 1 saturated heterocycles. The molecular weight excluding hydrogens is 154 g/mol. The summed E-state index contributed by atoms with van der Waals surface area (Å²) in [6.07, 6.45) is 3.93. The molecule has 0 aromatic carbocycles. The highest BCUT2D eigenvalue weighted by atomic mass is 16.7. The molecule has 1 heterocycles. The standard InChI is InChI=1S/C9H19NO2/c1-10-6-4-3-5-9(10)7-12-8-11-2/h9H,3-8H2,1-2H3. The Morgan fingerprint density at radius 1 is 1.42 bits per heavy atom. The van der Waals surface area contributed by atoms with Crippen molar-refractivity contribution in [3.8, 4) is 0 Å². The van der Waals surface area contributed by atoms with Crippen LogP contribution in [0.15, 0.2) is 0 Å². The minimum absolute atomic E-state index is 0.421. The number of methoxy groups -OCH3 is 1. The molecule has 0 radical (unpaired) electrons. The molecule has 0 aliphatic carbocycles. The molecule has 1 atom stereocenters. The van der Waals surface area contributed by atoms with Crippen LogP contribution < -0.4 is 0 Å². The molecule has 1 rings (SSSR count). The predicted molar refractivity (Wildman–Crippen MR) is 48.1 cm³/mol. The van der Waals surface area contributed by atoms with Gasteiger partial charge in [-0.05, 0) is 26.4 Å². The van der Waals surface area contributed by atoms with Gasteiger partial charge in [-0.2, -0.15) is 0 Å². The van der Waals surface area contributed by atoms with E-state index in [2.05, 4.69) is 11.9 Å². The zero-order valence-electron chi connectivity index (χ0n) is 8.08. The monoisotopic (exact) mass is 173 g/mol.